The van der Waals surface area contributed by atoms with E-state index >= 15 is 0 Å². The van der Waals surface area contributed by atoms with Crippen molar-refractivity contribution < 1.29 is 19.9 Å². The first-order chi connectivity index (χ1) is 13.7. The molecule has 0 saturated heterocycles. The Hall–Kier alpha value is -3.45. The minimum absolute atomic E-state index is 0. The number of hydrogen-bond acceptors (Lipinski definition) is 4. The van der Waals surface area contributed by atoms with Gasteiger partial charge in [0, 0.05) is 17.6 Å². The number of fused-ring (bicyclic) bond motifs is 1. The molecule has 0 saturated carbocycles. The quantitative estimate of drug-likeness (QED) is 0.460. The van der Waals surface area contributed by atoms with Crippen LogP contribution < -0.4 is 4.74 Å². The van der Waals surface area contributed by atoms with Crippen molar-refractivity contribution in [2.75, 3.05) is 7.11 Å². The molecule has 0 heterocycles. The molecule has 0 radical (unpaired) electrons. The predicted octanol–water partition coefficient (Wildman–Crippen LogP) is 4.37. The maximum absolute atomic E-state index is 13.3. The summed E-state index contributed by atoms with van der Waals surface area (Å²) in [5, 5.41) is 12.6. The molecule has 3 rings (SSSR count). The van der Waals surface area contributed by atoms with Crippen LogP contribution in [0.5, 0.6) is 5.75 Å². The summed E-state index contributed by atoms with van der Waals surface area (Å²) in [4.78, 5) is 26.2. The minimum Gasteiger partial charge on any atom is -0.490 e. The average Bonchev–Trinajstić information content (AvgIpc) is 2.69. The number of carbonyl (C=O) groups is 1. The number of rotatable bonds is 5. The molecule has 0 aliphatic heterocycles. The summed E-state index contributed by atoms with van der Waals surface area (Å²) in [7, 11) is 1.40. The highest BCUT2D eigenvalue weighted by molar-refractivity contribution is 6.01. The number of benzene rings is 3. The summed E-state index contributed by atoms with van der Waals surface area (Å²) in [5.74, 6) is 0.0729. The highest BCUT2D eigenvalue weighted by atomic mass is 16.6. The smallest absolute Gasteiger partial charge is 0.318 e. The molecule has 3 aromatic rings. The van der Waals surface area contributed by atoms with Crippen molar-refractivity contribution in [3.8, 4) is 5.75 Å². The van der Waals surface area contributed by atoms with Crippen molar-refractivity contribution in [2.45, 2.75) is 32.9 Å². The van der Waals surface area contributed by atoms with Crippen LogP contribution >= 0.6 is 0 Å². The zero-order valence-electron chi connectivity index (χ0n) is 17.5. The molecule has 7 nitrogen and oxygen atoms in total. The van der Waals surface area contributed by atoms with E-state index in [9.17, 15) is 14.9 Å². The zero-order chi connectivity index (χ0) is 21.2. The van der Waals surface area contributed by atoms with Gasteiger partial charge in [0.25, 0.3) is 5.91 Å². The van der Waals surface area contributed by atoms with Gasteiger partial charge in [0.05, 0.1) is 17.4 Å². The van der Waals surface area contributed by atoms with E-state index in [1.165, 1.54) is 7.11 Å². The fourth-order valence-electron chi connectivity index (χ4n) is 3.31. The Labute approximate surface area is 175 Å². The lowest BCUT2D eigenvalue weighted by molar-refractivity contribution is -0.383. The fourth-order valence-corrected chi connectivity index (χ4v) is 3.31. The molecule has 0 bridgehead atoms. The Morgan fingerprint density at radius 3 is 2.30 bits per heavy atom. The second kappa shape index (κ2) is 8.92. The number of methoxy groups -OCH3 is 1. The topological polar surface area (TPSA) is 104 Å². The highest BCUT2D eigenvalue weighted by Crippen LogP contribution is 2.35. The first-order valence-corrected chi connectivity index (χ1v) is 9.33. The van der Waals surface area contributed by atoms with Crippen LogP contribution in [0.3, 0.4) is 0 Å². The van der Waals surface area contributed by atoms with Gasteiger partial charge in [-0.1, -0.05) is 36.4 Å². The van der Waals surface area contributed by atoms with Crippen LogP contribution in [0.4, 0.5) is 5.69 Å². The third-order valence-corrected chi connectivity index (χ3v) is 4.84. The Morgan fingerprint density at radius 1 is 1.07 bits per heavy atom. The number of nitro benzene ring substituents is 1. The van der Waals surface area contributed by atoms with E-state index in [1.807, 2.05) is 51.1 Å². The van der Waals surface area contributed by atoms with Gasteiger partial charge in [0.15, 0.2) is 5.75 Å². The van der Waals surface area contributed by atoms with Crippen LogP contribution in [0.25, 0.3) is 10.8 Å². The van der Waals surface area contributed by atoms with Crippen LogP contribution in [0.15, 0.2) is 60.7 Å². The number of hydrogen-bond donors (Lipinski definition) is 0. The predicted molar refractivity (Wildman–Crippen MR) is 117 cm³/mol. The van der Waals surface area contributed by atoms with E-state index in [1.54, 1.807) is 35.2 Å². The van der Waals surface area contributed by atoms with Crippen LogP contribution in [-0.2, 0) is 6.54 Å². The molecule has 0 atom stereocenters. The molecule has 0 unspecified atom stereocenters. The number of ether oxygens (including phenoxy) is 1. The first kappa shape index (κ1) is 22.8. The van der Waals surface area contributed by atoms with Crippen molar-refractivity contribution in [1.29, 1.82) is 0 Å². The van der Waals surface area contributed by atoms with Gasteiger partial charge in [-0.25, -0.2) is 0 Å². The largest absolute Gasteiger partial charge is 0.490 e. The zero-order valence-corrected chi connectivity index (χ0v) is 17.5. The van der Waals surface area contributed by atoms with Crippen LogP contribution in [0, 0.1) is 10.1 Å². The minimum atomic E-state index is -0.459. The number of nitrogens with zero attached hydrogens (tertiary/aromatic N) is 2. The SMILES string of the molecule is COc1ccc2cc(C(=O)N(Cc3ccccc3)C(C)(C)C)ccc2c1[N+](=O)[O-].O. The van der Waals surface area contributed by atoms with Crippen molar-refractivity contribution >= 4 is 22.4 Å². The van der Waals surface area contributed by atoms with Gasteiger partial charge in [0.1, 0.15) is 0 Å². The summed E-state index contributed by atoms with van der Waals surface area (Å²) in [6, 6.07) is 18.1. The Morgan fingerprint density at radius 2 is 1.73 bits per heavy atom. The van der Waals surface area contributed by atoms with E-state index in [-0.39, 0.29) is 22.8 Å². The molecule has 1 amide bonds. The molecule has 158 valence electrons. The average molecular weight is 410 g/mol. The van der Waals surface area contributed by atoms with Crippen molar-refractivity contribution in [1.82, 2.24) is 4.90 Å². The summed E-state index contributed by atoms with van der Waals surface area (Å²) in [6.07, 6.45) is 0. The Kier molecular flexibility index (Phi) is 6.79. The van der Waals surface area contributed by atoms with Gasteiger partial charge in [-0.05, 0) is 56.0 Å². The van der Waals surface area contributed by atoms with Crippen molar-refractivity contribution in [2.24, 2.45) is 0 Å². The van der Waals surface area contributed by atoms with E-state index in [2.05, 4.69) is 0 Å². The van der Waals surface area contributed by atoms with Crippen molar-refractivity contribution in [3.05, 3.63) is 81.9 Å². The lowest BCUT2D eigenvalue weighted by Crippen LogP contribution is -2.45. The summed E-state index contributed by atoms with van der Waals surface area (Å²) in [5.41, 5.74) is 1.04. The summed E-state index contributed by atoms with van der Waals surface area (Å²) < 4.78 is 5.12. The third-order valence-electron chi connectivity index (χ3n) is 4.84. The van der Waals surface area contributed by atoms with Crippen LogP contribution in [0.2, 0.25) is 0 Å². The van der Waals surface area contributed by atoms with Gasteiger partial charge in [-0.15, -0.1) is 0 Å². The van der Waals surface area contributed by atoms with Gasteiger partial charge in [-0.2, -0.15) is 0 Å². The molecule has 7 heteroatoms. The molecule has 3 aromatic carbocycles. The molecule has 0 aliphatic carbocycles. The van der Waals surface area contributed by atoms with Crippen molar-refractivity contribution in [3.63, 3.8) is 0 Å². The van der Waals surface area contributed by atoms with Gasteiger partial charge >= 0.3 is 5.69 Å². The summed E-state index contributed by atoms with van der Waals surface area (Å²) >= 11 is 0. The molecule has 0 aliphatic rings. The van der Waals surface area contributed by atoms with Gasteiger partial charge < -0.3 is 15.1 Å². The van der Waals surface area contributed by atoms with E-state index in [0.717, 1.165) is 5.56 Å². The second-order valence-corrected chi connectivity index (χ2v) is 7.86. The van der Waals surface area contributed by atoms with Crippen LogP contribution in [0.1, 0.15) is 36.7 Å². The van der Waals surface area contributed by atoms with Gasteiger partial charge in [0.2, 0.25) is 0 Å². The highest BCUT2D eigenvalue weighted by Gasteiger charge is 2.28. The Bertz CT molecular complexity index is 1060. The molecule has 0 spiro atoms. The lowest BCUT2D eigenvalue weighted by Gasteiger charge is -2.36. The van der Waals surface area contributed by atoms with Gasteiger partial charge in [-0.3, -0.25) is 14.9 Å². The van der Waals surface area contributed by atoms with Crippen LogP contribution in [-0.4, -0.2) is 33.9 Å². The second-order valence-electron chi connectivity index (χ2n) is 7.86. The molecule has 30 heavy (non-hydrogen) atoms. The molecular weight excluding hydrogens is 384 g/mol. The van der Waals surface area contributed by atoms with E-state index in [4.69, 9.17) is 4.74 Å². The third kappa shape index (κ3) is 4.58. The summed E-state index contributed by atoms with van der Waals surface area (Å²) in [6.45, 7) is 6.45. The number of carbonyl (C=O) groups excluding carboxylic acids is 1. The standard InChI is InChI=1S/C23H24N2O4.H2O/c1-23(2,3)24(15-16-8-6-5-7-9-16)22(26)18-10-12-19-17(14-18)11-13-20(29-4)21(19)25(27)28;/h5-14H,15H2,1-4H3;1H2. The maximum Gasteiger partial charge on any atom is 0.318 e. The fraction of sp³-hybridized carbons (Fsp3) is 0.261. The normalized spacial score (nSPS) is 10.9. The van der Waals surface area contributed by atoms with E-state index < -0.39 is 10.5 Å². The number of amides is 1. The number of nitro groups is 1. The Balaban J connectivity index is 0.00000320. The van der Waals surface area contributed by atoms with E-state index in [0.29, 0.717) is 22.9 Å². The molecular formula is C23H26N2O5. The lowest BCUT2D eigenvalue weighted by atomic mass is 10.00. The first-order valence-electron chi connectivity index (χ1n) is 9.33. The maximum atomic E-state index is 13.3. The molecule has 0 fully saturated rings. The molecule has 0 aromatic heterocycles. The monoisotopic (exact) mass is 410 g/mol. The molecule has 2 N–H and O–H groups in total.